The van der Waals surface area contributed by atoms with Gasteiger partial charge in [0.2, 0.25) is 5.91 Å². The predicted molar refractivity (Wildman–Crippen MR) is 125 cm³/mol. The van der Waals surface area contributed by atoms with Crippen molar-refractivity contribution in [3.8, 4) is 0 Å². The molecule has 0 saturated carbocycles. The molecule has 0 unspecified atom stereocenters. The zero-order valence-corrected chi connectivity index (χ0v) is 17.8. The molecule has 1 amide bonds. The number of aryl methyl sites for hydroxylation is 2. The molecular formula is C25H28N2OS. The number of anilines is 1. The van der Waals surface area contributed by atoms with Crippen molar-refractivity contribution >= 4 is 34.1 Å². The summed E-state index contributed by atoms with van der Waals surface area (Å²) in [6.07, 6.45) is 1.24. The summed E-state index contributed by atoms with van der Waals surface area (Å²) in [6, 6.07) is 21.2. The third-order valence-corrected chi connectivity index (χ3v) is 6.47. The number of hydrogen-bond donors (Lipinski definition) is 1. The molecule has 3 nitrogen and oxygen atoms in total. The van der Waals surface area contributed by atoms with Crippen molar-refractivity contribution in [2.45, 2.75) is 26.3 Å². The van der Waals surface area contributed by atoms with Crippen molar-refractivity contribution < 1.29 is 4.79 Å². The predicted octanol–water partition coefficient (Wildman–Crippen LogP) is 5.27. The van der Waals surface area contributed by atoms with Crippen LogP contribution in [-0.2, 0) is 17.8 Å². The van der Waals surface area contributed by atoms with Crippen LogP contribution >= 0.6 is 11.8 Å². The van der Waals surface area contributed by atoms with E-state index in [9.17, 15) is 4.79 Å². The first-order valence-corrected chi connectivity index (χ1v) is 11.5. The number of carbonyl (C=O) groups is 1. The van der Waals surface area contributed by atoms with Gasteiger partial charge in [-0.2, -0.15) is 11.8 Å². The molecule has 1 saturated heterocycles. The smallest absolute Gasteiger partial charge is 0.224 e. The van der Waals surface area contributed by atoms with Crippen LogP contribution in [0.4, 0.5) is 5.69 Å². The maximum absolute atomic E-state index is 12.5. The summed E-state index contributed by atoms with van der Waals surface area (Å²) >= 11 is 2.04. The number of fused-ring (bicyclic) bond motifs is 1. The van der Waals surface area contributed by atoms with Crippen molar-refractivity contribution in [2.75, 3.05) is 29.9 Å². The lowest BCUT2D eigenvalue weighted by atomic mass is 10.0. The van der Waals surface area contributed by atoms with Crippen LogP contribution in [0.25, 0.3) is 10.8 Å². The Balaban J connectivity index is 1.32. The third kappa shape index (κ3) is 5.40. The fraction of sp³-hybridized carbons (Fsp3) is 0.320. The van der Waals surface area contributed by atoms with E-state index in [4.69, 9.17) is 0 Å². The first-order chi connectivity index (χ1) is 14.2. The molecule has 150 valence electrons. The Labute approximate surface area is 177 Å². The summed E-state index contributed by atoms with van der Waals surface area (Å²) < 4.78 is 0. The number of nitrogens with zero attached hydrogens (tertiary/aromatic N) is 1. The molecule has 0 aliphatic carbocycles. The summed E-state index contributed by atoms with van der Waals surface area (Å²) in [5, 5.41) is 5.55. The minimum Gasteiger partial charge on any atom is -0.326 e. The molecule has 1 fully saturated rings. The van der Waals surface area contributed by atoms with Gasteiger partial charge in [-0.15, -0.1) is 0 Å². The molecule has 3 aromatic carbocycles. The van der Waals surface area contributed by atoms with E-state index in [0.29, 0.717) is 6.42 Å². The fourth-order valence-electron chi connectivity index (χ4n) is 3.85. The number of rotatable bonds is 6. The van der Waals surface area contributed by atoms with Gasteiger partial charge in [0.05, 0.1) is 0 Å². The highest BCUT2D eigenvalue weighted by atomic mass is 32.2. The molecule has 0 bridgehead atoms. The van der Waals surface area contributed by atoms with E-state index in [2.05, 4.69) is 77.8 Å². The van der Waals surface area contributed by atoms with Crippen LogP contribution in [0.3, 0.4) is 0 Å². The van der Waals surface area contributed by atoms with Crippen LogP contribution in [0.1, 0.15) is 23.1 Å². The molecule has 0 spiro atoms. The lowest BCUT2D eigenvalue weighted by molar-refractivity contribution is -0.116. The molecule has 4 heteroatoms. The van der Waals surface area contributed by atoms with Gasteiger partial charge in [0.1, 0.15) is 0 Å². The second kappa shape index (κ2) is 9.47. The van der Waals surface area contributed by atoms with E-state index in [-0.39, 0.29) is 5.91 Å². The topological polar surface area (TPSA) is 32.3 Å². The minimum absolute atomic E-state index is 0.0714. The molecule has 0 atom stereocenters. The van der Waals surface area contributed by atoms with E-state index in [1.54, 1.807) is 0 Å². The van der Waals surface area contributed by atoms with E-state index in [0.717, 1.165) is 37.3 Å². The Morgan fingerprint density at radius 3 is 2.52 bits per heavy atom. The molecule has 0 aromatic heterocycles. The van der Waals surface area contributed by atoms with Crippen LogP contribution in [0.5, 0.6) is 0 Å². The highest BCUT2D eigenvalue weighted by Gasteiger charge is 2.12. The monoisotopic (exact) mass is 404 g/mol. The van der Waals surface area contributed by atoms with Gasteiger partial charge < -0.3 is 5.32 Å². The van der Waals surface area contributed by atoms with E-state index in [1.165, 1.54) is 33.4 Å². The Bertz CT molecular complexity index is 995. The zero-order chi connectivity index (χ0) is 20.1. The summed E-state index contributed by atoms with van der Waals surface area (Å²) in [5.74, 6) is 2.52. The van der Waals surface area contributed by atoms with Gasteiger partial charge >= 0.3 is 0 Å². The number of carbonyl (C=O) groups excluding carboxylic acids is 1. The Morgan fingerprint density at radius 2 is 1.72 bits per heavy atom. The van der Waals surface area contributed by atoms with E-state index >= 15 is 0 Å². The molecule has 1 aliphatic heterocycles. The van der Waals surface area contributed by atoms with Gasteiger partial charge in [-0.25, -0.2) is 0 Å². The number of hydrogen-bond acceptors (Lipinski definition) is 3. The maximum atomic E-state index is 12.5. The largest absolute Gasteiger partial charge is 0.326 e. The van der Waals surface area contributed by atoms with Crippen molar-refractivity contribution in [1.29, 1.82) is 0 Å². The zero-order valence-electron chi connectivity index (χ0n) is 17.0. The fourth-order valence-corrected chi connectivity index (χ4v) is 4.83. The summed E-state index contributed by atoms with van der Waals surface area (Å²) in [7, 11) is 0. The second-order valence-corrected chi connectivity index (χ2v) is 8.99. The molecule has 0 radical (unpaired) electrons. The number of benzene rings is 3. The number of amides is 1. The van der Waals surface area contributed by atoms with Gasteiger partial charge in [0, 0.05) is 43.2 Å². The maximum Gasteiger partial charge on any atom is 0.224 e. The first-order valence-electron chi connectivity index (χ1n) is 10.3. The SMILES string of the molecule is Cc1cc(CN2CCSCC2)ccc1NC(=O)CCc1ccc2ccccc2c1. The summed E-state index contributed by atoms with van der Waals surface area (Å²) in [5.41, 5.74) is 4.58. The Hall–Kier alpha value is -2.30. The normalized spacial score (nSPS) is 14.8. The second-order valence-electron chi connectivity index (χ2n) is 7.77. The Kier molecular flexibility index (Phi) is 6.53. The summed E-state index contributed by atoms with van der Waals surface area (Å²) in [6.45, 7) is 5.40. The van der Waals surface area contributed by atoms with Crippen molar-refractivity contribution in [3.63, 3.8) is 0 Å². The van der Waals surface area contributed by atoms with Crippen LogP contribution in [0.2, 0.25) is 0 Å². The number of thioether (sulfide) groups is 1. The van der Waals surface area contributed by atoms with Crippen LogP contribution in [0.15, 0.2) is 60.7 Å². The van der Waals surface area contributed by atoms with Gasteiger partial charge in [0.15, 0.2) is 0 Å². The van der Waals surface area contributed by atoms with Gasteiger partial charge in [-0.1, -0.05) is 54.6 Å². The lowest BCUT2D eigenvalue weighted by Crippen LogP contribution is -2.31. The van der Waals surface area contributed by atoms with Crippen molar-refractivity contribution in [3.05, 3.63) is 77.4 Å². The molecule has 4 rings (SSSR count). The molecule has 3 aromatic rings. The molecule has 1 N–H and O–H groups in total. The quantitative estimate of drug-likeness (QED) is 0.607. The van der Waals surface area contributed by atoms with E-state index in [1.807, 2.05) is 11.8 Å². The first kappa shape index (κ1) is 20.0. The number of nitrogens with one attached hydrogen (secondary N) is 1. The standard InChI is InChI=1S/C25H28N2OS/c1-19-16-21(18-27-12-14-29-15-13-27)7-10-24(19)26-25(28)11-8-20-6-9-22-4-2-3-5-23(22)17-20/h2-7,9-10,16-17H,8,11-15,18H2,1H3,(H,26,28). The molecule has 29 heavy (non-hydrogen) atoms. The Morgan fingerprint density at radius 1 is 0.966 bits per heavy atom. The van der Waals surface area contributed by atoms with Gasteiger partial charge in [-0.3, -0.25) is 9.69 Å². The van der Waals surface area contributed by atoms with Crippen molar-refractivity contribution in [1.82, 2.24) is 4.90 Å². The molecule has 1 aliphatic rings. The highest BCUT2D eigenvalue weighted by molar-refractivity contribution is 7.99. The van der Waals surface area contributed by atoms with Gasteiger partial charge in [-0.05, 0) is 46.9 Å². The lowest BCUT2D eigenvalue weighted by Gasteiger charge is -2.26. The van der Waals surface area contributed by atoms with Crippen LogP contribution < -0.4 is 5.32 Å². The van der Waals surface area contributed by atoms with Crippen LogP contribution in [-0.4, -0.2) is 35.4 Å². The average Bonchev–Trinajstić information content (AvgIpc) is 2.75. The summed E-state index contributed by atoms with van der Waals surface area (Å²) in [4.78, 5) is 15.0. The highest BCUT2D eigenvalue weighted by Crippen LogP contribution is 2.20. The average molecular weight is 405 g/mol. The minimum atomic E-state index is 0.0714. The van der Waals surface area contributed by atoms with Gasteiger partial charge in [0.25, 0.3) is 0 Å². The van der Waals surface area contributed by atoms with Crippen molar-refractivity contribution in [2.24, 2.45) is 0 Å². The third-order valence-electron chi connectivity index (χ3n) is 5.53. The molecular weight excluding hydrogens is 376 g/mol. The molecule has 1 heterocycles. The van der Waals surface area contributed by atoms with E-state index < -0.39 is 0 Å². The van der Waals surface area contributed by atoms with Crippen LogP contribution in [0, 0.1) is 6.92 Å².